The summed E-state index contributed by atoms with van der Waals surface area (Å²) in [6.07, 6.45) is 5.35. The topological polar surface area (TPSA) is 29.3 Å². The van der Waals surface area contributed by atoms with Gasteiger partial charge in [0.25, 0.3) is 0 Å². The number of nitrogens with two attached hydrogens (primary N) is 1. The van der Waals surface area contributed by atoms with Gasteiger partial charge in [0.1, 0.15) is 0 Å². The summed E-state index contributed by atoms with van der Waals surface area (Å²) in [5.41, 5.74) is 6.48. The van der Waals surface area contributed by atoms with Crippen molar-refractivity contribution in [1.82, 2.24) is 4.90 Å². The van der Waals surface area contributed by atoms with Gasteiger partial charge < -0.3 is 5.73 Å². The van der Waals surface area contributed by atoms with E-state index in [-0.39, 0.29) is 0 Å². The molecule has 0 spiro atoms. The fourth-order valence-electron chi connectivity index (χ4n) is 3.37. The molecule has 0 unspecified atom stereocenters. The largest absolute Gasteiger partial charge is 0.329 e. The SMILES string of the molecule is CC1CCC(CN)(N2CCSC(C)(C)C2)CC1. The molecule has 100 valence electrons. The first-order valence-corrected chi connectivity index (χ1v) is 8.05. The van der Waals surface area contributed by atoms with Gasteiger partial charge in [0.05, 0.1) is 0 Å². The number of rotatable bonds is 2. The highest BCUT2D eigenvalue weighted by molar-refractivity contribution is 8.00. The molecule has 3 heteroatoms. The summed E-state index contributed by atoms with van der Waals surface area (Å²) in [6.45, 7) is 10.4. The molecule has 2 aliphatic rings. The van der Waals surface area contributed by atoms with Gasteiger partial charge in [0, 0.05) is 35.7 Å². The van der Waals surface area contributed by atoms with Gasteiger partial charge in [-0.25, -0.2) is 0 Å². The minimum Gasteiger partial charge on any atom is -0.329 e. The van der Waals surface area contributed by atoms with Crippen LogP contribution < -0.4 is 5.73 Å². The second-order valence-corrected chi connectivity index (χ2v) is 8.44. The van der Waals surface area contributed by atoms with Crippen molar-refractivity contribution in [2.24, 2.45) is 11.7 Å². The van der Waals surface area contributed by atoms with Crippen LogP contribution in [0.3, 0.4) is 0 Å². The maximum Gasteiger partial charge on any atom is 0.0332 e. The Labute approximate surface area is 111 Å². The Bertz CT molecular complexity index is 257. The van der Waals surface area contributed by atoms with Gasteiger partial charge >= 0.3 is 0 Å². The monoisotopic (exact) mass is 256 g/mol. The van der Waals surface area contributed by atoms with Gasteiger partial charge in [-0.05, 0) is 45.4 Å². The molecule has 2 nitrogen and oxygen atoms in total. The second kappa shape index (κ2) is 5.10. The molecule has 2 rings (SSSR count). The van der Waals surface area contributed by atoms with Crippen molar-refractivity contribution in [1.29, 1.82) is 0 Å². The van der Waals surface area contributed by atoms with Crippen LogP contribution in [0.1, 0.15) is 46.5 Å². The van der Waals surface area contributed by atoms with Crippen LogP contribution in [0.25, 0.3) is 0 Å². The Morgan fingerprint density at radius 3 is 2.47 bits per heavy atom. The van der Waals surface area contributed by atoms with E-state index in [1.165, 1.54) is 44.5 Å². The third kappa shape index (κ3) is 2.99. The lowest BCUT2D eigenvalue weighted by Gasteiger charge is -2.51. The predicted molar refractivity (Wildman–Crippen MR) is 77.5 cm³/mol. The van der Waals surface area contributed by atoms with Crippen molar-refractivity contribution >= 4 is 11.8 Å². The lowest BCUT2D eigenvalue weighted by atomic mass is 9.75. The number of thioether (sulfide) groups is 1. The van der Waals surface area contributed by atoms with Gasteiger partial charge in [-0.2, -0.15) is 11.8 Å². The first-order valence-electron chi connectivity index (χ1n) is 7.07. The van der Waals surface area contributed by atoms with Crippen LogP contribution in [0, 0.1) is 5.92 Å². The van der Waals surface area contributed by atoms with E-state index in [4.69, 9.17) is 5.73 Å². The average Bonchev–Trinajstić information content (AvgIpc) is 2.29. The third-order valence-corrected chi connectivity index (χ3v) is 5.98. The molecule has 1 aliphatic heterocycles. The summed E-state index contributed by atoms with van der Waals surface area (Å²) in [6, 6.07) is 0. The number of nitrogens with zero attached hydrogens (tertiary/aromatic N) is 1. The van der Waals surface area contributed by atoms with Crippen molar-refractivity contribution in [3.05, 3.63) is 0 Å². The Morgan fingerprint density at radius 2 is 1.94 bits per heavy atom. The van der Waals surface area contributed by atoms with Crippen molar-refractivity contribution < 1.29 is 0 Å². The predicted octanol–water partition coefficient (Wildman–Crippen LogP) is 2.72. The fourth-order valence-corrected chi connectivity index (χ4v) is 4.48. The zero-order chi connectivity index (χ0) is 12.5. The van der Waals surface area contributed by atoms with Crippen LogP contribution in [0.5, 0.6) is 0 Å². The molecule has 2 N–H and O–H groups in total. The van der Waals surface area contributed by atoms with Gasteiger partial charge in [0.2, 0.25) is 0 Å². The van der Waals surface area contributed by atoms with E-state index in [1.807, 2.05) is 0 Å². The molecule has 0 atom stereocenters. The maximum absolute atomic E-state index is 6.15. The molecular formula is C14H28N2S. The Balaban J connectivity index is 2.07. The van der Waals surface area contributed by atoms with Crippen molar-refractivity contribution in [2.45, 2.75) is 56.7 Å². The maximum atomic E-state index is 6.15. The Morgan fingerprint density at radius 1 is 1.29 bits per heavy atom. The summed E-state index contributed by atoms with van der Waals surface area (Å²) < 4.78 is 0.406. The van der Waals surface area contributed by atoms with Crippen LogP contribution in [-0.4, -0.2) is 40.6 Å². The molecule has 17 heavy (non-hydrogen) atoms. The second-order valence-electron chi connectivity index (χ2n) is 6.64. The smallest absolute Gasteiger partial charge is 0.0332 e. The number of hydrogen-bond donors (Lipinski definition) is 1. The van der Waals surface area contributed by atoms with Crippen molar-refractivity contribution in [2.75, 3.05) is 25.4 Å². The van der Waals surface area contributed by atoms with Gasteiger partial charge in [-0.3, -0.25) is 4.90 Å². The van der Waals surface area contributed by atoms with Gasteiger partial charge in [0.15, 0.2) is 0 Å². The zero-order valence-electron chi connectivity index (χ0n) is 11.7. The van der Waals surface area contributed by atoms with E-state index in [0.717, 1.165) is 12.5 Å². The molecule has 0 aromatic rings. The summed E-state index contributed by atoms with van der Waals surface area (Å²) in [4.78, 5) is 2.72. The summed E-state index contributed by atoms with van der Waals surface area (Å²) in [5.74, 6) is 2.17. The van der Waals surface area contributed by atoms with Crippen molar-refractivity contribution in [3.8, 4) is 0 Å². The van der Waals surface area contributed by atoms with E-state index in [2.05, 4.69) is 37.4 Å². The Kier molecular flexibility index (Phi) is 4.11. The average molecular weight is 256 g/mol. The molecule has 0 radical (unpaired) electrons. The summed E-state index contributed by atoms with van der Waals surface area (Å²) >= 11 is 2.12. The third-order valence-electron chi connectivity index (χ3n) is 4.68. The molecule has 1 heterocycles. The standard InChI is InChI=1S/C14H28N2S/c1-12-4-6-14(10-15,7-5-12)16-8-9-17-13(2,3)11-16/h12H,4-11,15H2,1-3H3. The van der Waals surface area contributed by atoms with E-state index >= 15 is 0 Å². The molecule has 0 aromatic heterocycles. The Hall–Kier alpha value is 0.270. The molecule has 1 saturated carbocycles. The fraction of sp³-hybridized carbons (Fsp3) is 1.00. The highest BCUT2D eigenvalue weighted by Crippen LogP contribution is 2.40. The molecule has 1 saturated heterocycles. The molecular weight excluding hydrogens is 228 g/mol. The molecule has 0 aromatic carbocycles. The van der Waals surface area contributed by atoms with Crippen LogP contribution in [0.15, 0.2) is 0 Å². The highest BCUT2D eigenvalue weighted by atomic mass is 32.2. The minimum atomic E-state index is 0.324. The van der Waals surface area contributed by atoms with E-state index < -0.39 is 0 Å². The van der Waals surface area contributed by atoms with Crippen LogP contribution in [0.4, 0.5) is 0 Å². The van der Waals surface area contributed by atoms with Gasteiger partial charge in [-0.1, -0.05) is 6.92 Å². The molecule has 2 fully saturated rings. The van der Waals surface area contributed by atoms with Crippen LogP contribution in [-0.2, 0) is 0 Å². The zero-order valence-corrected chi connectivity index (χ0v) is 12.5. The van der Waals surface area contributed by atoms with Crippen LogP contribution >= 0.6 is 11.8 Å². The van der Waals surface area contributed by atoms with E-state index in [1.54, 1.807) is 0 Å². The number of hydrogen-bond acceptors (Lipinski definition) is 3. The first kappa shape index (κ1) is 13.7. The summed E-state index contributed by atoms with van der Waals surface area (Å²) in [5, 5.41) is 0. The van der Waals surface area contributed by atoms with E-state index in [0.29, 0.717) is 10.3 Å². The molecule has 0 amide bonds. The van der Waals surface area contributed by atoms with Crippen molar-refractivity contribution in [3.63, 3.8) is 0 Å². The highest BCUT2D eigenvalue weighted by Gasteiger charge is 2.42. The molecule has 0 bridgehead atoms. The minimum absolute atomic E-state index is 0.324. The van der Waals surface area contributed by atoms with Crippen LogP contribution in [0.2, 0.25) is 0 Å². The van der Waals surface area contributed by atoms with Gasteiger partial charge in [-0.15, -0.1) is 0 Å². The van der Waals surface area contributed by atoms with E-state index in [9.17, 15) is 0 Å². The lowest BCUT2D eigenvalue weighted by Crippen LogP contribution is -2.60. The lowest BCUT2D eigenvalue weighted by molar-refractivity contribution is 0.0410. The quantitative estimate of drug-likeness (QED) is 0.824. The first-order chi connectivity index (χ1) is 7.97. The normalized spacial score (nSPS) is 39.2. The molecule has 1 aliphatic carbocycles. The summed E-state index contributed by atoms with van der Waals surface area (Å²) in [7, 11) is 0.